The van der Waals surface area contributed by atoms with Crippen molar-refractivity contribution in [2.75, 3.05) is 33.2 Å². The van der Waals surface area contributed by atoms with Gasteiger partial charge in [0.2, 0.25) is 0 Å². The average Bonchev–Trinajstić information content (AvgIpc) is 3.16. The number of nitrogens with zero attached hydrogens (tertiary/aromatic N) is 3. The Morgan fingerprint density at radius 2 is 1.71 bits per heavy atom. The smallest absolute Gasteiger partial charge is 0.123 e. The van der Waals surface area contributed by atoms with Crippen LogP contribution in [0, 0.1) is 12.8 Å². The summed E-state index contributed by atoms with van der Waals surface area (Å²) in [4.78, 5) is 11.0. The number of aliphatic hydroxyl groups excluding tert-OH is 1. The van der Waals surface area contributed by atoms with E-state index in [1.807, 2.05) is 47.7 Å². The predicted molar refractivity (Wildman–Crippen MR) is 129 cm³/mol. The standard InChI is InChI=1S/C26H33N3OS/c1-20-25(31-26(27-20)23-11-7-4-8-12-23)19-28(2)17-21-13-15-29(16-14-21)18-24(30)22-9-5-3-6-10-22/h3-12,21,24,30H,13-19H2,1-2H3. The zero-order valence-electron chi connectivity index (χ0n) is 18.6. The van der Waals surface area contributed by atoms with Gasteiger partial charge in [-0.1, -0.05) is 60.7 Å². The first-order valence-corrected chi connectivity index (χ1v) is 12.1. The van der Waals surface area contributed by atoms with Crippen molar-refractivity contribution >= 4 is 11.3 Å². The lowest BCUT2D eigenvalue weighted by Gasteiger charge is -2.34. The lowest BCUT2D eigenvalue weighted by atomic mass is 9.95. The van der Waals surface area contributed by atoms with Crippen LogP contribution in [0.15, 0.2) is 60.7 Å². The largest absolute Gasteiger partial charge is 0.387 e. The van der Waals surface area contributed by atoms with Gasteiger partial charge < -0.3 is 14.9 Å². The van der Waals surface area contributed by atoms with E-state index in [1.165, 1.54) is 23.3 Å². The highest BCUT2D eigenvalue weighted by Crippen LogP contribution is 2.29. The molecule has 1 atom stereocenters. The summed E-state index contributed by atoms with van der Waals surface area (Å²) in [6.07, 6.45) is 2.00. The molecule has 0 radical (unpaired) electrons. The minimum atomic E-state index is -0.395. The summed E-state index contributed by atoms with van der Waals surface area (Å²) < 4.78 is 0. The van der Waals surface area contributed by atoms with Crippen LogP contribution >= 0.6 is 11.3 Å². The number of aromatic nitrogens is 1. The minimum absolute atomic E-state index is 0.395. The second-order valence-corrected chi connectivity index (χ2v) is 9.84. The maximum absolute atomic E-state index is 10.5. The summed E-state index contributed by atoms with van der Waals surface area (Å²) in [5, 5.41) is 11.6. The van der Waals surface area contributed by atoms with Crippen LogP contribution in [-0.2, 0) is 6.54 Å². The topological polar surface area (TPSA) is 39.6 Å². The summed E-state index contributed by atoms with van der Waals surface area (Å²) >= 11 is 1.82. The van der Waals surface area contributed by atoms with E-state index in [-0.39, 0.29) is 0 Å². The third-order valence-electron chi connectivity index (χ3n) is 6.22. The molecule has 0 aliphatic carbocycles. The van der Waals surface area contributed by atoms with Gasteiger partial charge in [0.25, 0.3) is 0 Å². The SMILES string of the molecule is Cc1nc(-c2ccccc2)sc1CN(C)CC1CCN(CC(O)c2ccccc2)CC1. The molecule has 0 saturated carbocycles. The van der Waals surface area contributed by atoms with Crippen LogP contribution in [0.3, 0.4) is 0 Å². The number of piperidine rings is 1. The molecule has 1 aliphatic heterocycles. The van der Waals surface area contributed by atoms with E-state index < -0.39 is 6.10 Å². The van der Waals surface area contributed by atoms with E-state index >= 15 is 0 Å². The van der Waals surface area contributed by atoms with Gasteiger partial charge in [-0.15, -0.1) is 11.3 Å². The fourth-order valence-electron chi connectivity index (χ4n) is 4.41. The Hall–Kier alpha value is -2.05. The number of β-amino-alcohol motifs (C(OH)–C–C–N with tert-alkyl or cyclic N) is 1. The first-order valence-electron chi connectivity index (χ1n) is 11.2. The maximum Gasteiger partial charge on any atom is 0.123 e. The number of thiazole rings is 1. The van der Waals surface area contributed by atoms with Gasteiger partial charge in [-0.25, -0.2) is 4.98 Å². The Balaban J connectivity index is 1.24. The van der Waals surface area contributed by atoms with E-state index in [0.29, 0.717) is 0 Å². The minimum Gasteiger partial charge on any atom is -0.387 e. The molecule has 4 rings (SSSR count). The van der Waals surface area contributed by atoms with Crippen molar-refractivity contribution in [3.63, 3.8) is 0 Å². The van der Waals surface area contributed by atoms with Crippen LogP contribution in [0.2, 0.25) is 0 Å². The maximum atomic E-state index is 10.5. The Bertz CT molecular complexity index is 936. The summed E-state index contributed by atoms with van der Waals surface area (Å²) in [6, 6.07) is 20.5. The zero-order chi connectivity index (χ0) is 21.6. The van der Waals surface area contributed by atoms with E-state index in [1.54, 1.807) is 0 Å². The van der Waals surface area contributed by atoms with Crippen molar-refractivity contribution in [3.05, 3.63) is 76.8 Å². The average molecular weight is 436 g/mol. The molecule has 0 amide bonds. The highest BCUT2D eigenvalue weighted by atomic mass is 32.1. The molecule has 31 heavy (non-hydrogen) atoms. The number of aryl methyl sites for hydroxylation is 1. The van der Waals surface area contributed by atoms with E-state index in [0.717, 1.165) is 54.9 Å². The van der Waals surface area contributed by atoms with Gasteiger partial charge in [0.15, 0.2) is 0 Å². The zero-order valence-corrected chi connectivity index (χ0v) is 19.4. The highest BCUT2D eigenvalue weighted by molar-refractivity contribution is 7.15. The van der Waals surface area contributed by atoms with E-state index in [2.05, 4.69) is 48.0 Å². The number of likely N-dealkylation sites (tertiary alicyclic amines) is 1. The van der Waals surface area contributed by atoms with Gasteiger partial charge in [-0.05, 0) is 51.4 Å². The molecule has 1 aliphatic rings. The van der Waals surface area contributed by atoms with Crippen molar-refractivity contribution in [1.82, 2.24) is 14.8 Å². The second-order valence-electron chi connectivity index (χ2n) is 8.76. The molecular formula is C26H33N3OS. The Labute approximate surface area is 190 Å². The van der Waals surface area contributed by atoms with Crippen LogP contribution in [-0.4, -0.2) is 53.1 Å². The van der Waals surface area contributed by atoms with Gasteiger partial charge in [-0.2, -0.15) is 0 Å². The number of aliphatic hydroxyl groups is 1. The molecular weight excluding hydrogens is 402 g/mol. The van der Waals surface area contributed by atoms with Crippen LogP contribution in [0.5, 0.6) is 0 Å². The van der Waals surface area contributed by atoms with Gasteiger partial charge in [0, 0.05) is 30.1 Å². The van der Waals surface area contributed by atoms with Gasteiger partial charge in [0.05, 0.1) is 11.8 Å². The predicted octanol–water partition coefficient (Wildman–Crippen LogP) is 5.00. The van der Waals surface area contributed by atoms with Crippen molar-refractivity contribution in [2.45, 2.75) is 32.4 Å². The quantitative estimate of drug-likeness (QED) is 0.541. The van der Waals surface area contributed by atoms with Crippen LogP contribution in [0.1, 0.15) is 35.1 Å². The first kappa shape index (κ1) is 22.2. The molecule has 1 aromatic heterocycles. The Morgan fingerprint density at radius 1 is 1.06 bits per heavy atom. The van der Waals surface area contributed by atoms with E-state index in [4.69, 9.17) is 4.98 Å². The normalized spacial score (nSPS) is 16.6. The number of benzene rings is 2. The number of rotatable bonds is 8. The molecule has 1 saturated heterocycles. The molecule has 1 fully saturated rings. The summed E-state index contributed by atoms with van der Waals surface area (Å²) in [5.41, 5.74) is 3.37. The lowest BCUT2D eigenvalue weighted by Crippen LogP contribution is -2.39. The van der Waals surface area contributed by atoms with Gasteiger partial charge >= 0.3 is 0 Å². The highest BCUT2D eigenvalue weighted by Gasteiger charge is 2.23. The number of hydrogen-bond donors (Lipinski definition) is 1. The van der Waals surface area contributed by atoms with E-state index in [9.17, 15) is 5.11 Å². The van der Waals surface area contributed by atoms with Crippen LogP contribution < -0.4 is 0 Å². The molecule has 0 bridgehead atoms. The van der Waals surface area contributed by atoms with Crippen molar-refractivity contribution in [1.29, 1.82) is 0 Å². The molecule has 3 aromatic rings. The third kappa shape index (κ3) is 6.01. The molecule has 1 unspecified atom stereocenters. The second kappa shape index (κ2) is 10.5. The summed E-state index contributed by atoms with van der Waals surface area (Å²) in [5.74, 6) is 0.719. The molecule has 164 valence electrons. The Kier molecular flexibility index (Phi) is 7.51. The fraction of sp³-hybridized carbons (Fsp3) is 0.423. The Morgan fingerprint density at radius 3 is 2.39 bits per heavy atom. The molecule has 0 spiro atoms. The first-order chi connectivity index (χ1) is 15.1. The fourth-order valence-corrected chi connectivity index (χ4v) is 5.55. The molecule has 1 N–H and O–H groups in total. The van der Waals surface area contributed by atoms with Crippen LogP contribution in [0.25, 0.3) is 10.6 Å². The molecule has 4 nitrogen and oxygen atoms in total. The lowest BCUT2D eigenvalue weighted by molar-refractivity contribution is 0.0826. The van der Waals surface area contributed by atoms with Gasteiger partial charge in [-0.3, -0.25) is 0 Å². The monoisotopic (exact) mass is 435 g/mol. The molecule has 2 heterocycles. The molecule has 2 aromatic carbocycles. The summed E-state index contributed by atoms with van der Waals surface area (Å²) in [7, 11) is 2.23. The van der Waals surface area contributed by atoms with Crippen molar-refractivity contribution in [3.8, 4) is 10.6 Å². The van der Waals surface area contributed by atoms with Crippen molar-refractivity contribution < 1.29 is 5.11 Å². The van der Waals surface area contributed by atoms with Crippen LogP contribution in [0.4, 0.5) is 0 Å². The van der Waals surface area contributed by atoms with Crippen molar-refractivity contribution in [2.24, 2.45) is 5.92 Å². The molecule has 5 heteroatoms. The number of hydrogen-bond acceptors (Lipinski definition) is 5. The third-order valence-corrected chi connectivity index (χ3v) is 7.41. The van der Waals surface area contributed by atoms with Gasteiger partial charge in [0.1, 0.15) is 5.01 Å². The summed E-state index contributed by atoms with van der Waals surface area (Å²) in [6.45, 7) is 7.08.